The number of anilines is 1. The smallest absolute Gasteiger partial charge is 0.341 e. The van der Waals surface area contributed by atoms with E-state index < -0.39 is 5.97 Å². The molecule has 0 radical (unpaired) electrons. The van der Waals surface area contributed by atoms with Gasteiger partial charge in [0.05, 0.1) is 20.8 Å². The van der Waals surface area contributed by atoms with Gasteiger partial charge in [0.15, 0.2) is 11.5 Å². The fraction of sp³-hybridized carbons (Fsp3) is 0.231. The molecule has 0 aliphatic rings. The Morgan fingerprint density at radius 3 is 2.48 bits per heavy atom. The third-order valence-corrected chi connectivity index (χ3v) is 5.87. The van der Waals surface area contributed by atoms with Gasteiger partial charge < -0.3 is 19.5 Å². The Balaban J connectivity index is 1.83. The molecule has 6 nitrogen and oxygen atoms in total. The van der Waals surface area contributed by atoms with E-state index in [0.29, 0.717) is 28.7 Å². The minimum absolute atomic E-state index is 0.354. The number of carbonyl (C=O) groups excluding carboxylic acids is 2. The second-order valence-electron chi connectivity index (χ2n) is 7.18. The molecule has 1 aromatic heterocycles. The number of aryl methyl sites for hydroxylation is 1. The van der Waals surface area contributed by atoms with Gasteiger partial charge in [-0.1, -0.05) is 43.3 Å². The molecule has 0 bridgehead atoms. The van der Waals surface area contributed by atoms with E-state index in [1.54, 1.807) is 19.3 Å². The van der Waals surface area contributed by atoms with E-state index in [1.165, 1.54) is 24.5 Å². The van der Waals surface area contributed by atoms with Crippen LogP contribution >= 0.6 is 11.3 Å². The van der Waals surface area contributed by atoms with Crippen LogP contribution in [0.4, 0.5) is 5.00 Å². The first-order valence-corrected chi connectivity index (χ1v) is 11.4. The molecule has 33 heavy (non-hydrogen) atoms. The Hall–Kier alpha value is -3.58. The molecule has 1 heterocycles. The van der Waals surface area contributed by atoms with Crippen LogP contribution in [0.2, 0.25) is 0 Å². The van der Waals surface area contributed by atoms with E-state index >= 15 is 0 Å². The zero-order chi connectivity index (χ0) is 23.8. The molecule has 0 unspecified atom stereocenters. The van der Waals surface area contributed by atoms with Crippen molar-refractivity contribution in [1.82, 2.24) is 0 Å². The second kappa shape index (κ2) is 11.3. The summed E-state index contributed by atoms with van der Waals surface area (Å²) in [5.41, 5.74) is 2.79. The minimum Gasteiger partial charge on any atom is -0.493 e. The number of methoxy groups -OCH3 is 2. The van der Waals surface area contributed by atoms with E-state index in [-0.39, 0.29) is 5.91 Å². The van der Waals surface area contributed by atoms with Crippen LogP contribution in [0.3, 0.4) is 0 Å². The van der Waals surface area contributed by atoms with Gasteiger partial charge in [0.2, 0.25) is 5.91 Å². The van der Waals surface area contributed by atoms with Gasteiger partial charge in [-0.05, 0) is 42.7 Å². The van der Waals surface area contributed by atoms with Crippen molar-refractivity contribution in [2.75, 3.05) is 26.1 Å². The molecular weight excluding hydrogens is 438 g/mol. The van der Waals surface area contributed by atoms with Crippen molar-refractivity contribution in [3.63, 3.8) is 0 Å². The van der Waals surface area contributed by atoms with Crippen molar-refractivity contribution < 1.29 is 23.8 Å². The van der Waals surface area contributed by atoms with E-state index in [1.807, 2.05) is 56.3 Å². The van der Waals surface area contributed by atoms with Gasteiger partial charge in [-0.25, -0.2) is 4.79 Å². The van der Waals surface area contributed by atoms with E-state index in [0.717, 1.165) is 28.0 Å². The number of hydrogen-bond donors (Lipinski definition) is 1. The Labute approximate surface area is 197 Å². The predicted molar refractivity (Wildman–Crippen MR) is 132 cm³/mol. The Morgan fingerprint density at radius 2 is 1.82 bits per heavy atom. The summed E-state index contributed by atoms with van der Waals surface area (Å²) in [4.78, 5) is 26.1. The molecule has 0 saturated heterocycles. The monoisotopic (exact) mass is 465 g/mol. The SMILES string of the molecule is CCCOc1ccc(/C=C/C(=O)Nc2sc(C)c(-c3ccccc3)c2C(=O)OC)cc1OC. The number of amides is 1. The molecule has 3 aromatic rings. The van der Waals surface area contributed by atoms with Crippen LogP contribution < -0.4 is 14.8 Å². The average Bonchev–Trinajstić information content (AvgIpc) is 3.16. The highest BCUT2D eigenvalue weighted by Gasteiger charge is 2.24. The standard InChI is InChI=1S/C26H27NO5S/c1-5-15-32-20-13-11-18(16-21(20)30-3)12-14-22(28)27-25-24(26(29)31-4)23(17(2)33-25)19-9-7-6-8-10-19/h6-14,16H,5,15H2,1-4H3,(H,27,28)/b14-12+. The third kappa shape index (κ3) is 5.81. The van der Waals surface area contributed by atoms with Gasteiger partial charge >= 0.3 is 5.97 Å². The maximum absolute atomic E-state index is 12.7. The molecule has 0 spiro atoms. The molecule has 0 atom stereocenters. The molecule has 0 aliphatic carbocycles. The van der Waals surface area contributed by atoms with Gasteiger partial charge in [0.1, 0.15) is 10.6 Å². The first-order chi connectivity index (χ1) is 16.0. The predicted octanol–water partition coefficient (Wildman–Crippen LogP) is 5.96. The normalized spacial score (nSPS) is 10.8. The van der Waals surface area contributed by atoms with Crippen LogP contribution in [0.25, 0.3) is 17.2 Å². The van der Waals surface area contributed by atoms with E-state index in [9.17, 15) is 9.59 Å². The van der Waals surface area contributed by atoms with Gasteiger partial charge in [-0.2, -0.15) is 0 Å². The molecular formula is C26H27NO5S. The lowest BCUT2D eigenvalue weighted by Gasteiger charge is -2.10. The van der Waals surface area contributed by atoms with Gasteiger partial charge in [0, 0.05) is 16.5 Å². The fourth-order valence-corrected chi connectivity index (χ4v) is 4.39. The van der Waals surface area contributed by atoms with Gasteiger partial charge in [0.25, 0.3) is 0 Å². The van der Waals surface area contributed by atoms with Crippen LogP contribution in [-0.2, 0) is 9.53 Å². The summed E-state index contributed by atoms with van der Waals surface area (Å²) in [5, 5.41) is 3.28. The molecule has 0 aliphatic heterocycles. The molecule has 7 heteroatoms. The third-order valence-electron chi connectivity index (χ3n) is 4.85. The zero-order valence-corrected chi connectivity index (χ0v) is 20.0. The number of nitrogens with one attached hydrogen (secondary N) is 1. The van der Waals surface area contributed by atoms with Crippen LogP contribution in [0.5, 0.6) is 11.5 Å². The van der Waals surface area contributed by atoms with Crippen LogP contribution in [0.15, 0.2) is 54.6 Å². The number of esters is 1. The number of hydrogen-bond acceptors (Lipinski definition) is 6. The molecule has 3 rings (SSSR count). The molecule has 172 valence electrons. The van der Waals surface area contributed by atoms with Crippen LogP contribution in [-0.4, -0.2) is 32.7 Å². The van der Waals surface area contributed by atoms with Crippen LogP contribution in [0, 0.1) is 6.92 Å². The first kappa shape index (κ1) is 24.1. The summed E-state index contributed by atoms with van der Waals surface area (Å²) in [6.07, 6.45) is 3.99. The fourth-order valence-electron chi connectivity index (χ4n) is 3.33. The van der Waals surface area contributed by atoms with E-state index in [2.05, 4.69) is 5.32 Å². The highest BCUT2D eigenvalue weighted by atomic mass is 32.1. The van der Waals surface area contributed by atoms with Crippen molar-refractivity contribution in [3.8, 4) is 22.6 Å². The van der Waals surface area contributed by atoms with Gasteiger partial charge in [-0.15, -0.1) is 11.3 Å². The summed E-state index contributed by atoms with van der Waals surface area (Å²) in [7, 11) is 2.91. The van der Waals surface area contributed by atoms with Crippen molar-refractivity contribution in [1.29, 1.82) is 0 Å². The number of thiophene rings is 1. The van der Waals surface area contributed by atoms with Crippen molar-refractivity contribution >= 4 is 34.3 Å². The summed E-state index contributed by atoms with van der Waals surface area (Å²) in [5.74, 6) is 0.405. The van der Waals surface area contributed by atoms with Crippen molar-refractivity contribution in [3.05, 3.63) is 70.6 Å². The molecule has 1 amide bonds. The summed E-state index contributed by atoms with van der Waals surface area (Å²) in [6.45, 7) is 4.55. The Kier molecular flexibility index (Phi) is 8.27. The first-order valence-electron chi connectivity index (χ1n) is 10.6. The van der Waals surface area contributed by atoms with Crippen molar-refractivity contribution in [2.24, 2.45) is 0 Å². The summed E-state index contributed by atoms with van der Waals surface area (Å²) < 4.78 is 16.1. The maximum Gasteiger partial charge on any atom is 0.341 e. The topological polar surface area (TPSA) is 73.9 Å². The highest BCUT2D eigenvalue weighted by molar-refractivity contribution is 7.17. The maximum atomic E-state index is 12.7. The lowest BCUT2D eigenvalue weighted by atomic mass is 10.0. The molecule has 1 N–H and O–H groups in total. The molecule has 0 fully saturated rings. The number of benzene rings is 2. The van der Waals surface area contributed by atoms with Crippen LogP contribution in [0.1, 0.15) is 34.1 Å². The van der Waals surface area contributed by atoms with E-state index in [4.69, 9.17) is 14.2 Å². The van der Waals surface area contributed by atoms with Crippen molar-refractivity contribution in [2.45, 2.75) is 20.3 Å². The second-order valence-corrected chi connectivity index (χ2v) is 8.40. The highest BCUT2D eigenvalue weighted by Crippen LogP contribution is 2.40. The Bertz CT molecular complexity index is 1150. The quantitative estimate of drug-likeness (QED) is 0.312. The lowest BCUT2D eigenvalue weighted by molar-refractivity contribution is -0.111. The minimum atomic E-state index is -0.495. The molecule has 0 saturated carbocycles. The van der Waals surface area contributed by atoms with Gasteiger partial charge in [-0.3, -0.25) is 4.79 Å². The lowest BCUT2D eigenvalue weighted by Crippen LogP contribution is -2.11. The Morgan fingerprint density at radius 1 is 1.06 bits per heavy atom. The number of rotatable bonds is 9. The number of ether oxygens (including phenoxy) is 3. The number of carbonyl (C=O) groups is 2. The largest absolute Gasteiger partial charge is 0.493 e. The molecule has 2 aromatic carbocycles. The average molecular weight is 466 g/mol. The summed E-state index contributed by atoms with van der Waals surface area (Å²) in [6, 6.07) is 15.0. The summed E-state index contributed by atoms with van der Waals surface area (Å²) >= 11 is 1.34. The zero-order valence-electron chi connectivity index (χ0n) is 19.1.